The molecule has 0 spiro atoms. The lowest BCUT2D eigenvalue weighted by molar-refractivity contribution is -0.0358. The van der Waals surface area contributed by atoms with Crippen LogP contribution in [0.5, 0.6) is 0 Å². The molecule has 186 valence electrons. The highest BCUT2D eigenvalue weighted by Gasteiger charge is 2.45. The van der Waals surface area contributed by atoms with Crippen molar-refractivity contribution < 1.29 is 0 Å². The Morgan fingerprint density at radius 1 is 0.667 bits per heavy atom. The van der Waals surface area contributed by atoms with Gasteiger partial charge >= 0.3 is 0 Å². The molecule has 0 bridgehead atoms. The summed E-state index contributed by atoms with van der Waals surface area (Å²) in [7, 11) is 0. The van der Waals surface area contributed by atoms with Gasteiger partial charge in [0.25, 0.3) is 0 Å². The second-order valence-corrected chi connectivity index (χ2v) is 13.3. The van der Waals surface area contributed by atoms with Gasteiger partial charge in [0, 0.05) is 11.1 Å². The van der Waals surface area contributed by atoms with Gasteiger partial charge in [-0.2, -0.15) is 0 Å². The van der Waals surface area contributed by atoms with Crippen LogP contribution in [0, 0.1) is 17.8 Å². The SMILES string of the molecule is CCCN1C(C)(C)CC(c2ccc(C3CCC(C4CCC(CC)CC4)CC3)cc2)CC1(C)C. The Balaban J connectivity index is 1.34. The Morgan fingerprint density at radius 2 is 1.12 bits per heavy atom. The molecule has 0 amide bonds. The largest absolute Gasteiger partial charge is 0.293 e. The summed E-state index contributed by atoms with van der Waals surface area (Å²) in [5.41, 5.74) is 3.75. The first-order chi connectivity index (χ1) is 15.7. The van der Waals surface area contributed by atoms with Gasteiger partial charge in [0.05, 0.1) is 0 Å². The normalized spacial score (nSPS) is 33.2. The van der Waals surface area contributed by atoms with E-state index in [1.165, 1.54) is 83.6 Å². The molecule has 3 aliphatic rings. The summed E-state index contributed by atoms with van der Waals surface area (Å²) in [4.78, 5) is 2.78. The van der Waals surface area contributed by atoms with Gasteiger partial charge in [-0.15, -0.1) is 0 Å². The van der Waals surface area contributed by atoms with E-state index in [1.54, 1.807) is 11.1 Å². The maximum Gasteiger partial charge on any atom is 0.0164 e. The molecule has 1 nitrogen and oxygen atoms in total. The highest BCUT2D eigenvalue weighted by molar-refractivity contribution is 5.29. The zero-order valence-electron chi connectivity index (χ0n) is 22.8. The van der Waals surface area contributed by atoms with Crippen molar-refractivity contribution >= 4 is 0 Å². The highest BCUT2D eigenvalue weighted by Crippen LogP contribution is 2.47. The van der Waals surface area contributed by atoms with Gasteiger partial charge in [0.2, 0.25) is 0 Å². The van der Waals surface area contributed by atoms with Crippen LogP contribution >= 0.6 is 0 Å². The van der Waals surface area contributed by atoms with Crippen molar-refractivity contribution in [1.82, 2.24) is 4.90 Å². The lowest BCUT2D eigenvalue weighted by Gasteiger charge is -2.55. The summed E-state index contributed by atoms with van der Waals surface area (Å²) in [6.45, 7) is 15.8. The molecular formula is C32H53N. The quantitative estimate of drug-likeness (QED) is 0.416. The van der Waals surface area contributed by atoms with Crippen LogP contribution in [0.15, 0.2) is 24.3 Å². The number of piperidine rings is 1. The minimum absolute atomic E-state index is 0.274. The summed E-state index contributed by atoms with van der Waals surface area (Å²) in [5, 5.41) is 0. The molecule has 1 aromatic carbocycles. The Kier molecular flexibility index (Phi) is 7.99. The predicted molar refractivity (Wildman–Crippen MR) is 144 cm³/mol. The lowest BCUT2D eigenvalue weighted by atomic mass is 9.68. The van der Waals surface area contributed by atoms with E-state index in [2.05, 4.69) is 70.7 Å². The van der Waals surface area contributed by atoms with Crippen molar-refractivity contribution in [2.45, 2.75) is 142 Å². The summed E-state index contributed by atoms with van der Waals surface area (Å²) >= 11 is 0. The van der Waals surface area contributed by atoms with Crippen molar-refractivity contribution in [2.24, 2.45) is 17.8 Å². The van der Waals surface area contributed by atoms with Crippen LogP contribution < -0.4 is 0 Å². The van der Waals surface area contributed by atoms with Crippen molar-refractivity contribution in [3.05, 3.63) is 35.4 Å². The van der Waals surface area contributed by atoms with Gasteiger partial charge in [-0.1, -0.05) is 57.4 Å². The molecule has 2 aliphatic carbocycles. The molecule has 3 fully saturated rings. The molecule has 1 aromatic rings. The molecular weight excluding hydrogens is 398 g/mol. The van der Waals surface area contributed by atoms with Crippen LogP contribution in [-0.4, -0.2) is 22.5 Å². The minimum Gasteiger partial charge on any atom is -0.293 e. The van der Waals surface area contributed by atoms with Gasteiger partial charge in [-0.3, -0.25) is 4.90 Å². The standard InChI is InChI=1S/C32H53N/c1-7-21-33-31(3,4)22-30(23-32(33,5)6)29-19-17-28(18-20-29)27-15-13-26(14-16-27)25-11-9-24(8-2)10-12-25/h17-20,24-27,30H,7-16,21-23H2,1-6H3. The average Bonchev–Trinajstić information content (AvgIpc) is 2.81. The molecule has 1 saturated heterocycles. The second kappa shape index (κ2) is 10.4. The van der Waals surface area contributed by atoms with Crippen LogP contribution in [0.3, 0.4) is 0 Å². The molecule has 0 unspecified atom stereocenters. The van der Waals surface area contributed by atoms with Gasteiger partial charge in [0.1, 0.15) is 0 Å². The number of hydrogen-bond acceptors (Lipinski definition) is 1. The first-order valence-electron chi connectivity index (χ1n) is 14.6. The van der Waals surface area contributed by atoms with Crippen molar-refractivity contribution in [3.63, 3.8) is 0 Å². The van der Waals surface area contributed by atoms with E-state index in [1.807, 2.05) is 0 Å². The number of rotatable bonds is 6. The van der Waals surface area contributed by atoms with Crippen LogP contribution in [-0.2, 0) is 0 Å². The lowest BCUT2D eigenvalue weighted by Crippen LogP contribution is -2.60. The molecule has 0 atom stereocenters. The van der Waals surface area contributed by atoms with E-state index in [0.29, 0.717) is 5.92 Å². The fraction of sp³-hybridized carbons (Fsp3) is 0.812. The Hall–Kier alpha value is -0.820. The van der Waals surface area contributed by atoms with Crippen molar-refractivity contribution in [2.75, 3.05) is 6.54 Å². The Morgan fingerprint density at radius 3 is 1.58 bits per heavy atom. The number of hydrogen-bond donors (Lipinski definition) is 0. The van der Waals surface area contributed by atoms with Crippen LogP contribution in [0.4, 0.5) is 0 Å². The molecule has 0 aromatic heterocycles. The number of benzene rings is 1. The minimum atomic E-state index is 0.274. The van der Waals surface area contributed by atoms with Gasteiger partial charge in [0.15, 0.2) is 0 Å². The monoisotopic (exact) mass is 451 g/mol. The molecule has 0 radical (unpaired) electrons. The predicted octanol–water partition coefficient (Wildman–Crippen LogP) is 9.32. The number of likely N-dealkylation sites (tertiary alicyclic amines) is 1. The van der Waals surface area contributed by atoms with E-state index < -0.39 is 0 Å². The maximum atomic E-state index is 2.78. The van der Waals surface area contributed by atoms with Gasteiger partial charge < -0.3 is 0 Å². The summed E-state index contributed by atoms with van der Waals surface area (Å²) in [6.07, 6.45) is 17.1. The first-order valence-corrected chi connectivity index (χ1v) is 14.6. The summed E-state index contributed by atoms with van der Waals surface area (Å²) < 4.78 is 0. The summed E-state index contributed by atoms with van der Waals surface area (Å²) in [6, 6.07) is 10.0. The fourth-order valence-electron chi connectivity index (χ4n) is 8.41. The molecule has 1 heterocycles. The van der Waals surface area contributed by atoms with Crippen molar-refractivity contribution in [1.29, 1.82) is 0 Å². The van der Waals surface area contributed by atoms with E-state index in [4.69, 9.17) is 0 Å². The zero-order valence-corrected chi connectivity index (χ0v) is 22.8. The third kappa shape index (κ3) is 5.71. The zero-order chi connectivity index (χ0) is 23.6. The van der Waals surface area contributed by atoms with Gasteiger partial charge in [-0.25, -0.2) is 0 Å². The molecule has 1 heteroatoms. The number of nitrogens with zero attached hydrogens (tertiary/aromatic N) is 1. The van der Waals surface area contributed by atoms with E-state index in [0.717, 1.165) is 23.7 Å². The third-order valence-corrected chi connectivity index (χ3v) is 10.2. The first kappa shape index (κ1) is 25.3. The highest BCUT2D eigenvalue weighted by atomic mass is 15.3. The molecule has 33 heavy (non-hydrogen) atoms. The van der Waals surface area contributed by atoms with Crippen LogP contribution in [0.2, 0.25) is 0 Å². The van der Waals surface area contributed by atoms with E-state index in [-0.39, 0.29) is 11.1 Å². The van der Waals surface area contributed by atoms with E-state index >= 15 is 0 Å². The molecule has 4 rings (SSSR count). The second-order valence-electron chi connectivity index (χ2n) is 13.3. The average molecular weight is 452 g/mol. The van der Waals surface area contributed by atoms with Gasteiger partial charge in [-0.05, 0) is 133 Å². The van der Waals surface area contributed by atoms with Crippen LogP contribution in [0.25, 0.3) is 0 Å². The smallest absolute Gasteiger partial charge is 0.0164 e. The fourth-order valence-corrected chi connectivity index (χ4v) is 8.41. The maximum absolute atomic E-state index is 2.78. The molecule has 0 N–H and O–H groups in total. The van der Waals surface area contributed by atoms with Crippen LogP contribution in [0.1, 0.15) is 142 Å². The van der Waals surface area contributed by atoms with E-state index in [9.17, 15) is 0 Å². The Bertz CT molecular complexity index is 710. The third-order valence-electron chi connectivity index (χ3n) is 10.2. The Labute approximate surface area is 206 Å². The molecule has 2 saturated carbocycles. The molecule has 1 aliphatic heterocycles. The topological polar surface area (TPSA) is 3.24 Å². The summed E-state index contributed by atoms with van der Waals surface area (Å²) in [5.74, 6) is 4.59. The van der Waals surface area contributed by atoms with Crippen molar-refractivity contribution in [3.8, 4) is 0 Å².